The van der Waals surface area contributed by atoms with Crippen molar-refractivity contribution in [1.82, 2.24) is 14.9 Å². The van der Waals surface area contributed by atoms with E-state index >= 15 is 0 Å². The van der Waals surface area contributed by atoms with Crippen molar-refractivity contribution in [3.05, 3.63) is 58.5 Å². The molecular weight excluding hydrogens is 438 g/mol. The fourth-order valence-electron chi connectivity index (χ4n) is 4.92. The minimum atomic E-state index is -0.405. The van der Waals surface area contributed by atoms with Crippen LogP contribution in [0.1, 0.15) is 17.9 Å². The molecule has 1 aromatic heterocycles. The topological polar surface area (TPSA) is 115 Å². The van der Waals surface area contributed by atoms with E-state index in [-0.39, 0.29) is 30.1 Å². The number of cyclic esters (lactones) is 1. The van der Waals surface area contributed by atoms with Crippen LogP contribution >= 0.6 is 0 Å². The Kier molecular flexibility index (Phi) is 4.95. The van der Waals surface area contributed by atoms with E-state index in [0.29, 0.717) is 43.2 Å². The smallest absolute Gasteiger partial charge is 0.414 e. The number of para-hydroxylation sites is 1. The number of hydrogen-bond donors (Lipinski definition) is 2. The number of fused-ring (bicyclic) bond motifs is 1. The number of hydrogen-bond acceptors (Lipinski definition) is 7. The monoisotopic (exact) mass is 461 g/mol. The predicted molar refractivity (Wildman–Crippen MR) is 124 cm³/mol. The summed E-state index contributed by atoms with van der Waals surface area (Å²) >= 11 is 0. The Morgan fingerprint density at radius 2 is 2.06 bits per heavy atom. The van der Waals surface area contributed by atoms with Crippen LogP contribution in [0.5, 0.6) is 5.75 Å². The van der Waals surface area contributed by atoms with Crippen LogP contribution in [-0.2, 0) is 16.1 Å². The van der Waals surface area contributed by atoms with Crippen LogP contribution in [0.25, 0.3) is 11.0 Å². The molecule has 0 bridgehead atoms. The van der Waals surface area contributed by atoms with Gasteiger partial charge in [-0.1, -0.05) is 12.1 Å². The molecule has 1 fully saturated rings. The molecule has 0 unspecified atom stereocenters. The Bertz CT molecular complexity index is 1370. The van der Waals surface area contributed by atoms with Crippen LogP contribution in [0.3, 0.4) is 0 Å². The molecule has 34 heavy (non-hydrogen) atoms. The summed E-state index contributed by atoms with van der Waals surface area (Å²) in [4.78, 5) is 42.1. The first kappa shape index (κ1) is 20.7. The highest BCUT2D eigenvalue weighted by Gasteiger charge is 2.33. The Morgan fingerprint density at radius 1 is 1.15 bits per heavy atom. The van der Waals surface area contributed by atoms with Crippen molar-refractivity contribution in [3.63, 3.8) is 0 Å². The lowest BCUT2D eigenvalue weighted by molar-refractivity contribution is -0.118. The zero-order valence-electron chi connectivity index (χ0n) is 18.3. The minimum absolute atomic E-state index is 0.0110. The molecule has 4 heterocycles. The van der Waals surface area contributed by atoms with Gasteiger partial charge in [0.1, 0.15) is 11.9 Å². The molecule has 3 aromatic rings. The average molecular weight is 461 g/mol. The molecule has 2 amide bonds. The van der Waals surface area contributed by atoms with Gasteiger partial charge in [0.15, 0.2) is 6.61 Å². The SMILES string of the molecule is O=C1COc2ccc(N3C[C@@H](CCNC[C@@H]4Cn5c(=O)cnc6cccc4c65)OC3=O)cc2N1. The fourth-order valence-corrected chi connectivity index (χ4v) is 4.92. The number of ether oxygens (including phenoxy) is 2. The largest absolute Gasteiger partial charge is 0.482 e. The third-order valence-electron chi connectivity index (χ3n) is 6.55. The van der Waals surface area contributed by atoms with Gasteiger partial charge in [0.2, 0.25) is 0 Å². The van der Waals surface area contributed by atoms with Crippen LogP contribution in [0.2, 0.25) is 0 Å². The summed E-state index contributed by atoms with van der Waals surface area (Å²) in [6, 6.07) is 11.2. The normalized spacial score (nSPS) is 20.8. The summed E-state index contributed by atoms with van der Waals surface area (Å²) in [6.07, 6.45) is 1.40. The van der Waals surface area contributed by atoms with Crippen molar-refractivity contribution in [1.29, 1.82) is 0 Å². The third kappa shape index (κ3) is 3.56. The fraction of sp³-hybridized carbons (Fsp3) is 0.333. The lowest BCUT2D eigenvalue weighted by atomic mass is 10.0. The highest BCUT2D eigenvalue weighted by molar-refractivity contribution is 5.97. The number of anilines is 2. The highest BCUT2D eigenvalue weighted by Crippen LogP contribution is 2.34. The van der Waals surface area contributed by atoms with Crippen LogP contribution in [0.15, 0.2) is 47.4 Å². The first-order valence-corrected chi connectivity index (χ1v) is 11.3. The molecule has 3 aliphatic heterocycles. The van der Waals surface area contributed by atoms with Gasteiger partial charge < -0.3 is 24.7 Å². The molecule has 2 atom stereocenters. The number of benzene rings is 2. The number of rotatable bonds is 6. The molecule has 6 rings (SSSR count). The van der Waals surface area contributed by atoms with Crippen molar-refractivity contribution in [2.75, 3.05) is 36.5 Å². The van der Waals surface area contributed by atoms with Crippen LogP contribution in [-0.4, -0.2) is 53.9 Å². The Hall–Kier alpha value is -3.92. The molecule has 174 valence electrons. The van der Waals surface area contributed by atoms with Gasteiger partial charge in [0.05, 0.1) is 29.5 Å². The minimum Gasteiger partial charge on any atom is -0.482 e. The van der Waals surface area contributed by atoms with E-state index in [1.165, 1.54) is 6.20 Å². The second-order valence-electron chi connectivity index (χ2n) is 8.75. The second kappa shape index (κ2) is 8.14. The summed E-state index contributed by atoms with van der Waals surface area (Å²) < 4.78 is 12.7. The highest BCUT2D eigenvalue weighted by atomic mass is 16.6. The average Bonchev–Trinajstić information content (AvgIpc) is 3.40. The number of carbonyl (C=O) groups excluding carboxylic acids is 2. The molecule has 2 N–H and O–H groups in total. The second-order valence-corrected chi connectivity index (χ2v) is 8.75. The maximum absolute atomic E-state index is 12.4. The number of carbonyl (C=O) groups is 2. The summed E-state index contributed by atoms with van der Waals surface area (Å²) in [7, 11) is 0. The van der Waals surface area contributed by atoms with E-state index < -0.39 is 6.09 Å². The van der Waals surface area contributed by atoms with Crippen molar-refractivity contribution in [2.45, 2.75) is 25.0 Å². The number of amides is 2. The van der Waals surface area contributed by atoms with Gasteiger partial charge in [-0.25, -0.2) is 9.78 Å². The van der Waals surface area contributed by atoms with Crippen LogP contribution in [0.4, 0.5) is 16.2 Å². The zero-order chi connectivity index (χ0) is 23.2. The van der Waals surface area contributed by atoms with E-state index in [0.717, 1.165) is 23.1 Å². The molecule has 0 saturated carbocycles. The van der Waals surface area contributed by atoms with Gasteiger partial charge in [-0.3, -0.25) is 14.5 Å². The number of nitrogens with one attached hydrogen (secondary N) is 2. The summed E-state index contributed by atoms with van der Waals surface area (Å²) in [5.41, 5.74) is 4.03. The first-order chi connectivity index (χ1) is 16.6. The van der Waals surface area contributed by atoms with Gasteiger partial charge in [-0.2, -0.15) is 0 Å². The van der Waals surface area contributed by atoms with Crippen molar-refractivity contribution in [3.8, 4) is 5.75 Å². The zero-order valence-corrected chi connectivity index (χ0v) is 18.3. The van der Waals surface area contributed by atoms with E-state index in [1.54, 1.807) is 27.7 Å². The third-order valence-corrected chi connectivity index (χ3v) is 6.55. The molecular formula is C24H23N5O5. The molecule has 0 aliphatic carbocycles. The Balaban J connectivity index is 1.05. The lowest BCUT2D eigenvalue weighted by Gasteiger charge is -2.20. The quantitative estimate of drug-likeness (QED) is 0.538. The van der Waals surface area contributed by atoms with Gasteiger partial charge in [0.25, 0.3) is 11.5 Å². The first-order valence-electron chi connectivity index (χ1n) is 11.3. The van der Waals surface area contributed by atoms with Crippen molar-refractivity contribution >= 4 is 34.4 Å². The van der Waals surface area contributed by atoms with Gasteiger partial charge in [0, 0.05) is 24.7 Å². The number of aromatic nitrogens is 2. The summed E-state index contributed by atoms with van der Waals surface area (Å²) in [5, 5.41) is 6.21. The Morgan fingerprint density at radius 3 is 2.97 bits per heavy atom. The van der Waals surface area contributed by atoms with Crippen molar-refractivity contribution in [2.24, 2.45) is 0 Å². The molecule has 0 spiro atoms. The van der Waals surface area contributed by atoms with E-state index in [4.69, 9.17) is 9.47 Å². The van der Waals surface area contributed by atoms with E-state index in [1.807, 2.05) is 12.1 Å². The molecule has 3 aliphatic rings. The molecule has 10 heteroatoms. The standard InChI is InChI=1S/C24H23N5O5/c30-21-13-33-20-5-4-15(8-19(20)27-21)28-12-16(34-24(28)32)6-7-25-9-14-11-29-22(31)10-26-18-3-1-2-17(14)23(18)29/h1-5,8,10,14,16,25H,6-7,9,11-13H2,(H,27,30)/t14-,16-/m1/s1. The maximum atomic E-state index is 12.4. The molecule has 1 saturated heterocycles. The predicted octanol–water partition coefficient (Wildman–Crippen LogP) is 1.83. The lowest BCUT2D eigenvalue weighted by Crippen LogP contribution is -2.29. The molecule has 10 nitrogen and oxygen atoms in total. The van der Waals surface area contributed by atoms with E-state index in [2.05, 4.69) is 21.7 Å². The summed E-state index contributed by atoms with van der Waals surface area (Å²) in [6.45, 7) is 2.45. The van der Waals surface area contributed by atoms with E-state index in [9.17, 15) is 14.4 Å². The Labute approximate surface area is 194 Å². The van der Waals surface area contributed by atoms with Gasteiger partial charge in [-0.05, 0) is 42.8 Å². The van der Waals surface area contributed by atoms with Crippen LogP contribution < -0.4 is 25.8 Å². The van der Waals surface area contributed by atoms with Crippen LogP contribution in [0, 0.1) is 0 Å². The van der Waals surface area contributed by atoms with Crippen molar-refractivity contribution < 1.29 is 19.1 Å². The number of nitrogens with zero attached hydrogens (tertiary/aromatic N) is 3. The summed E-state index contributed by atoms with van der Waals surface area (Å²) in [5.74, 6) is 0.552. The molecule has 0 radical (unpaired) electrons. The van der Waals surface area contributed by atoms with Gasteiger partial charge in [-0.15, -0.1) is 0 Å². The molecule has 2 aromatic carbocycles. The maximum Gasteiger partial charge on any atom is 0.414 e. The van der Waals surface area contributed by atoms with Gasteiger partial charge >= 0.3 is 6.09 Å².